The molecule has 0 aliphatic heterocycles. The van der Waals surface area contributed by atoms with Crippen LogP contribution in [0, 0.1) is 16.7 Å². The first-order valence-electron chi connectivity index (χ1n) is 16.0. The number of esters is 2. The standard InChI is InChI=1S/C37H44O8/c1-24(44-31(39)15-14-25-10-6-4-7-11-25)35(41)20-21-37(43)34(35,3)30(45-32(40)26-12-8-5-9-13-26)23-29-33(2)18-17-28(38)22-27(33)16-19-36(29,37)42/h4-16,24,28-30,38,41-43H,17-23H2,1-3H3/b15-14+/t24-,28-,29+,30+,33-,34+,35+,36-,37+/m0/s1. The molecule has 0 radical (unpaired) electrons. The maximum atomic E-state index is 13.6. The van der Waals surface area contributed by atoms with E-state index in [0.29, 0.717) is 24.8 Å². The Morgan fingerprint density at radius 1 is 0.956 bits per heavy atom. The van der Waals surface area contributed by atoms with Gasteiger partial charge in [-0.2, -0.15) is 0 Å². The molecule has 0 unspecified atom stereocenters. The minimum absolute atomic E-state index is 0.00993. The highest BCUT2D eigenvalue weighted by Gasteiger charge is 2.81. The summed E-state index contributed by atoms with van der Waals surface area (Å²) >= 11 is 0. The summed E-state index contributed by atoms with van der Waals surface area (Å²) in [7, 11) is 0. The summed E-state index contributed by atoms with van der Waals surface area (Å²) in [4.78, 5) is 26.6. The van der Waals surface area contributed by atoms with Crippen molar-refractivity contribution in [3.05, 3.63) is 89.5 Å². The highest BCUT2D eigenvalue weighted by atomic mass is 16.6. The van der Waals surface area contributed by atoms with Crippen molar-refractivity contribution in [1.29, 1.82) is 0 Å². The quantitative estimate of drug-likeness (QED) is 0.208. The topological polar surface area (TPSA) is 134 Å². The number of rotatable bonds is 6. The second kappa shape index (κ2) is 11.2. The average molecular weight is 617 g/mol. The highest BCUT2D eigenvalue weighted by Crippen LogP contribution is 2.71. The molecule has 0 aromatic heterocycles. The van der Waals surface area contributed by atoms with Gasteiger partial charge in [0.2, 0.25) is 0 Å². The van der Waals surface area contributed by atoms with Gasteiger partial charge in [-0.25, -0.2) is 9.59 Å². The van der Waals surface area contributed by atoms with E-state index in [1.165, 1.54) is 6.08 Å². The van der Waals surface area contributed by atoms with Crippen LogP contribution in [-0.4, -0.2) is 67.5 Å². The van der Waals surface area contributed by atoms with Crippen molar-refractivity contribution in [3.63, 3.8) is 0 Å². The van der Waals surface area contributed by atoms with Crippen LogP contribution in [0.25, 0.3) is 6.08 Å². The first kappa shape index (κ1) is 31.7. The van der Waals surface area contributed by atoms with Crippen LogP contribution in [0.1, 0.15) is 81.6 Å². The number of aliphatic hydroxyl groups excluding tert-OH is 1. The average Bonchev–Trinajstić information content (AvgIpc) is 3.26. The molecule has 9 atom stereocenters. The van der Waals surface area contributed by atoms with Gasteiger partial charge in [0.05, 0.1) is 17.1 Å². The predicted molar refractivity (Wildman–Crippen MR) is 168 cm³/mol. The van der Waals surface area contributed by atoms with Crippen molar-refractivity contribution in [1.82, 2.24) is 0 Å². The van der Waals surface area contributed by atoms with Crippen LogP contribution in [0.3, 0.4) is 0 Å². The molecule has 8 nitrogen and oxygen atoms in total. The van der Waals surface area contributed by atoms with Crippen LogP contribution >= 0.6 is 0 Å². The molecule has 240 valence electrons. The van der Waals surface area contributed by atoms with Crippen LogP contribution in [0.4, 0.5) is 0 Å². The number of benzene rings is 2. The molecule has 45 heavy (non-hydrogen) atoms. The van der Waals surface area contributed by atoms with Gasteiger partial charge < -0.3 is 29.9 Å². The molecule has 3 saturated carbocycles. The number of carbonyl (C=O) groups excluding carboxylic acids is 2. The zero-order valence-electron chi connectivity index (χ0n) is 26.2. The van der Waals surface area contributed by atoms with Gasteiger partial charge in [-0.3, -0.25) is 0 Å². The zero-order valence-corrected chi connectivity index (χ0v) is 26.2. The largest absolute Gasteiger partial charge is 0.458 e. The molecule has 6 rings (SSSR count). The highest BCUT2D eigenvalue weighted by molar-refractivity contribution is 5.89. The fourth-order valence-corrected chi connectivity index (χ4v) is 9.30. The summed E-state index contributed by atoms with van der Waals surface area (Å²) in [5.41, 5.74) is -5.42. The van der Waals surface area contributed by atoms with Gasteiger partial charge in [0, 0.05) is 12.0 Å². The fraction of sp³-hybridized carbons (Fsp3) is 0.514. The van der Waals surface area contributed by atoms with E-state index in [1.54, 1.807) is 50.3 Å². The van der Waals surface area contributed by atoms with E-state index in [1.807, 2.05) is 36.4 Å². The third-order valence-electron chi connectivity index (χ3n) is 12.1. The van der Waals surface area contributed by atoms with Crippen LogP contribution in [0.2, 0.25) is 0 Å². The summed E-state index contributed by atoms with van der Waals surface area (Å²) in [5, 5.41) is 48.6. The van der Waals surface area contributed by atoms with Crippen molar-refractivity contribution < 1.29 is 39.5 Å². The van der Waals surface area contributed by atoms with E-state index in [-0.39, 0.29) is 25.7 Å². The van der Waals surface area contributed by atoms with Crippen LogP contribution < -0.4 is 0 Å². The summed E-state index contributed by atoms with van der Waals surface area (Å²) < 4.78 is 12.1. The lowest BCUT2D eigenvalue weighted by Crippen LogP contribution is -2.78. The molecule has 2 aromatic carbocycles. The van der Waals surface area contributed by atoms with Crippen LogP contribution in [-0.2, 0) is 14.3 Å². The third-order valence-corrected chi connectivity index (χ3v) is 12.1. The summed E-state index contributed by atoms with van der Waals surface area (Å²) in [5.74, 6) is -1.78. The van der Waals surface area contributed by atoms with E-state index in [4.69, 9.17) is 9.47 Å². The maximum absolute atomic E-state index is 13.6. The second-order valence-corrected chi connectivity index (χ2v) is 14.0. The Morgan fingerprint density at radius 3 is 2.31 bits per heavy atom. The van der Waals surface area contributed by atoms with Crippen molar-refractivity contribution in [2.24, 2.45) is 16.7 Å². The van der Waals surface area contributed by atoms with Crippen LogP contribution in [0.5, 0.6) is 0 Å². The number of ether oxygens (including phenoxy) is 2. The molecule has 8 heteroatoms. The SMILES string of the molecule is C[C@H](OC(=O)/C=C/c1ccccc1)[C@]1(O)CC[C@@]2(O)[C@]1(C)[C@H](OC(=O)c1ccccc1)C[C@@H]1[C@@]3(C)CC[C@H](O)CC3=CC[C@]12O. The Morgan fingerprint density at radius 2 is 1.62 bits per heavy atom. The molecule has 0 heterocycles. The number of hydrogen-bond acceptors (Lipinski definition) is 8. The lowest BCUT2D eigenvalue weighted by atomic mass is 9.42. The molecule has 0 amide bonds. The van der Waals surface area contributed by atoms with E-state index in [2.05, 4.69) is 6.92 Å². The minimum Gasteiger partial charge on any atom is -0.458 e. The molecule has 4 N–H and O–H groups in total. The van der Waals surface area contributed by atoms with Gasteiger partial charge in [-0.05, 0) is 81.1 Å². The number of fused-ring (bicyclic) bond motifs is 5. The van der Waals surface area contributed by atoms with E-state index < -0.39 is 63.8 Å². The molecule has 0 saturated heterocycles. The van der Waals surface area contributed by atoms with Gasteiger partial charge >= 0.3 is 11.9 Å². The molecule has 3 fully saturated rings. The van der Waals surface area contributed by atoms with Gasteiger partial charge in [0.15, 0.2) is 0 Å². The summed E-state index contributed by atoms with van der Waals surface area (Å²) in [6.07, 6.45) is 4.22. The summed E-state index contributed by atoms with van der Waals surface area (Å²) in [6.45, 7) is 5.31. The van der Waals surface area contributed by atoms with Crippen molar-refractivity contribution in [2.75, 3.05) is 0 Å². The van der Waals surface area contributed by atoms with Gasteiger partial charge in [0.1, 0.15) is 29.0 Å². The zero-order chi connectivity index (χ0) is 32.3. The Balaban J connectivity index is 1.39. The first-order chi connectivity index (χ1) is 21.3. The molecule has 0 spiro atoms. The molecule has 4 aliphatic carbocycles. The lowest BCUT2D eigenvalue weighted by Gasteiger charge is -2.67. The van der Waals surface area contributed by atoms with E-state index in [0.717, 1.165) is 11.1 Å². The Kier molecular flexibility index (Phi) is 7.88. The molecular formula is C37H44O8. The second-order valence-electron chi connectivity index (χ2n) is 14.0. The Hall–Kier alpha value is -3.30. The fourth-order valence-electron chi connectivity index (χ4n) is 9.30. The molecule has 4 aliphatic rings. The monoisotopic (exact) mass is 616 g/mol. The minimum atomic E-state index is -1.90. The van der Waals surface area contributed by atoms with Crippen LogP contribution in [0.15, 0.2) is 78.4 Å². The Bertz CT molecular complexity index is 1500. The lowest BCUT2D eigenvalue weighted by molar-refractivity contribution is -0.324. The van der Waals surface area contributed by atoms with Gasteiger partial charge in [0.25, 0.3) is 0 Å². The maximum Gasteiger partial charge on any atom is 0.338 e. The number of aliphatic hydroxyl groups is 4. The number of carbonyl (C=O) groups is 2. The predicted octanol–water partition coefficient (Wildman–Crippen LogP) is 4.75. The van der Waals surface area contributed by atoms with Crippen molar-refractivity contribution >= 4 is 18.0 Å². The summed E-state index contributed by atoms with van der Waals surface area (Å²) in [6, 6.07) is 17.8. The normalized spacial score (nSPS) is 39.6. The Labute approximate surface area is 264 Å². The third kappa shape index (κ3) is 4.72. The number of hydrogen-bond donors (Lipinski definition) is 4. The van der Waals surface area contributed by atoms with Crippen molar-refractivity contribution in [3.8, 4) is 0 Å². The van der Waals surface area contributed by atoms with E-state index >= 15 is 0 Å². The first-order valence-corrected chi connectivity index (χ1v) is 16.0. The molecular weight excluding hydrogens is 572 g/mol. The molecule has 0 bridgehead atoms. The van der Waals surface area contributed by atoms with Gasteiger partial charge in [-0.1, -0.05) is 74.0 Å². The smallest absolute Gasteiger partial charge is 0.338 e. The molecule has 2 aromatic rings. The van der Waals surface area contributed by atoms with Gasteiger partial charge in [-0.15, -0.1) is 0 Å². The van der Waals surface area contributed by atoms with E-state index in [9.17, 15) is 30.0 Å². The van der Waals surface area contributed by atoms with Crippen molar-refractivity contribution in [2.45, 2.75) is 101 Å².